The molecule has 0 saturated carbocycles. The molecule has 172 valence electrons. The number of amides is 1. The predicted octanol–water partition coefficient (Wildman–Crippen LogP) is 2.77. The molecule has 33 heavy (non-hydrogen) atoms. The van der Waals surface area contributed by atoms with Gasteiger partial charge in [-0.15, -0.1) is 0 Å². The van der Waals surface area contributed by atoms with Gasteiger partial charge in [-0.05, 0) is 36.1 Å². The lowest BCUT2D eigenvalue weighted by molar-refractivity contribution is -0.151. The zero-order valence-electron chi connectivity index (χ0n) is 18.1. The zero-order valence-corrected chi connectivity index (χ0v) is 18.9. The second-order valence-electron chi connectivity index (χ2n) is 7.27. The number of hydrogen-bond donors (Lipinski definition) is 1. The van der Waals surface area contributed by atoms with Crippen LogP contribution in [0.25, 0.3) is 6.08 Å². The fourth-order valence-corrected chi connectivity index (χ4v) is 3.94. The van der Waals surface area contributed by atoms with E-state index in [0.29, 0.717) is 17.7 Å². The van der Waals surface area contributed by atoms with E-state index in [2.05, 4.69) is 5.10 Å². The molecule has 3 rings (SSSR count). The molecule has 0 aliphatic rings. The number of ether oxygens (including phenoxy) is 1. The quantitative estimate of drug-likeness (QED) is 0.363. The van der Waals surface area contributed by atoms with Gasteiger partial charge in [0.2, 0.25) is 5.91 Å². The Hall–Kier alpha value is -3.72. The highest BCUT2D eigenvalue weighted by Gasteiger charge is 2.31. The third kappa shape index (κ3) is 7.43. The molecule has 3 aromatic rings. The van der Waals surface area contributed by atoms with E-state index in [4.69, 9.17) is 4.74 Å². The minimum absolute atomic E-state index is 0.0443. The molecule has 9 heteroatoms. The average molecular weight is 468 g/mol. The van der Waals surface area contributed by atoms with Gasteiger partial charge in [-0.2, -0.15) is 5.10 Å². The van der Waals surface area contributed by atoms with Crippen LogP contribution in [0.4, 0.5) is 0 Å². The Morgan fingerprint density at radius 2 is 1.73 bits per heavy atom. The lowest BCUT2D eigenvalue weighted by Crippen LogP contribution is -2.40. The second-order valence-corrected chi connectivity index (χ2v) is 8.83. The topological polar surface area (TPSA) is 107 Å². The van der Waals surface area contributed by atoms with Crippen LogP contribution in [0.2, 0.25) is 0 Å². The van der Waals surface area contributed by atoms with Crippen molar-refractivity contribution in [3.63, 3.8) is 0 Å². The predicted molar refractivity (Wildman–Crippen MR) is 124 cm³/mol. The molecule has 2 aromatic carbocycles. The van der Waals surface area contributed by atoms with Gasteiger partial charge in [-0.3, -0.25) is 14.3 Å². The van der Waals surface area contributed by atoms with Gasteiger partial charge in [0.15, 0.2) is 0 Å². The largest absolute Gasteiger partial charge is 0.465 e. The minimum atomic E-state index is -4.11. The smallest absolute Gasteiger partial charge is 0.318 e. The van der Waals surface area contributed by atoms with Crippen LogP contribution in [0.3, 0.4) is 0 Å². The van der Waals surface area contributed by atoms with Crippen molar-refractivity contribution in [2.24, 2.45) is 5.92 Å². The third-order valence-corrected chi connectivity index (χ3v) is 5.66. The number of sulfonamides is 1. The number of carbonyl (C=O) groups is 2. The van der Waals surface area contributed by atoms with Crippen LogP contribution in [0.5, 0.6) is 0 Å². The van der Waals surface area contributed by atoms with Crippen molar-refractivity contribution in [3.05, 3.63) is 95.2 Å². The molecule has 0 aliphatic heterocycles. The highest BCUT2D eigenvalue weighted by atomic mass is 32.2. The van der Waals surface area contributed by atoms with Gasteiger partial charge in [0, 0.05) is 6.20 Å². The summed E-state index contributed by atoms with van der Waals surface area (Å²) < 4.78 is 33.4. The molecular weight excluding hydrogens is 442 g/mol. The summed E-state index contributed by atoms with van der Waals surface area (Å²) in [4.78, 5) is 25.2. The van der Waals surface area contributed by atoms with Gasteiger partial charge in [0.25, 0.3) is 10.0 Å². The van der Waals surface area contributed by atoms with Crippen LogP contribution >= 0.6 is 0 Å². The third-order valence-electron chi connectivity index (χ3n) is 4.68. The van der Waals surface area contributed by atoms with Gasteiger partial charge >= 0.3 is 5.97 Å². The van der Waals surface area contributed by atoms with E-state index < -0.39 is 27.8 Å². The molecule has 0 radical (unpaired) electrons. The molecule has 0 spiro atoms. The van der Waals surface area contributed by atoms with E-state index in [1.807, 2.05) is 35.1 Å². The van der Waals surface area contributed by atoms with Crippen LogP contribution in [0, 0.1) is 5.92 Å². The van der Waals surface area contributed by atoms with Gasteiger partial charge < -0.3 is 4.74 Å². The second kappa shape index (κ2) is 11.2. The Morgan fingerprint density at radius 1 is 1.06 bits per heavy atom. The van der Waals surface area contributed by atoms with Gasteiger partial charge in [0.1, 0.15) is 5.92 Å². The molecule has 1 N–H and O–H groups in total. The first-order valence-corrected chi connectivity index (χ1v) is 11.9. The number of esters is 1. The summed E-state index contributed by atoms with van der Waals surface area (Å²) in [6.45, 7) is 2.20. The van der Waals surface area contributed by atoms with Crippen molar-refractivity contribution in [3.8, 4) is 0 Å². The van der Waals surface area contributed by atoms with Crippen molar-refractivity contribution in [2.45, 2.75) is 19.9 Å². The summed E-state index contributed by atoms with van der Waals surface area (Å²) in [6.07, 6.45) is 4.59. The molecular formula is C24H25N3O5S. The monoisotopic (exact) mass is 467 g/mol. The summed E-state index contributed by atoms with van der Waals surface area (Å²) in [5.41, 5.74) is 2.31. The lowest BCUT2D eigenvalue weighted by atomic mass is 10.0. The van der Waals surface area contributed by atoms with Crippen molar-refractivity contribution in [2.75, 3.05) is 6.61 Å². The number of carbonyl (C=O) groups excluding carboxylic acids is 2. The summed E-state index contributed by atoms with van der Waals surface area (Å²) in [6, 6.07) is 18.5. The molecule has 8 nitrogen and oxygen atoms in total. The number of benzene rings is 2. The maximum absolute atomic E-state index is 12.7. The molecule has 0 fully saturated rings. The van der Waals surface area contributed by atoms with E-state index in [-0.39, 0.29) is 13.0 Å². The van der Waals surface area contributed by atoms with Crippen LogP contribution in [0.1, 0.15) is 23.6 Å². The van der Waals surface area contributed by atoms with Crippen LogP contribution in [-0.2, 0) is 37.3 Å². The van der Waals surface area contributed by atoms with Crippen LogP contribution < -0.4 is 4.72 Å². The highest BCUT2D eigenvalue weighted by Crippen LogP contribution is 2.13. The number of nitrogens with zero attached hydrogens (tertiary/aromatic N) is 2. The Kier molecular flexibility index (Phi) is 8.15. The standard InChI is InChI=1S/C24H25N3O5S/c1-2-32-24(29)22(15-21-16-25-27(18-21)17-20-11-7-4-8-12-20)23(28)26-33(30,31)14-13-19-9-5-3-6-10-19/h3-14,16,18,22H,2,15,17H2,1H3,(H,26,28)/b14-13+. The number of nitrogens with one attached hydrogen (secondary N) is 1. The molecule has 1 amide bonds. The van der Waals surface area contributed by atoms with Crippen LogP contribution in [0.15, 0.2) is 78.5 Å². The molecule has 0 bridgehead atoms. The maximum Gasteiger partial charge on any atom is 0.318 e. The maximum atomic E-state index is 12.7. The van der Waals surface area contributed by atoms with Crippen LogP contribution in [-0.4, -0.2) is 36.7 Å². The number of aromatic nitrogens is 2. The zero-order chi connectivity index (χ0) is 23.7. The Bertz CT molecular complexity index is 1210. The number of rotatable bonds is 10. The fourth-order valence-electron chi connectivity index (χ4n) is 3.11. The molecule has 1 heterocycles. The van der Waals surface area contributed by atoms with Crippen molar-refractivity contribution in [1.82, 2.24) is 14.5 Å². The van der Waals surface area contributed by atoms with E-state index in [1.165, 1.54) is 6.08 Å². The van der Waals surface area contributed by atoms with Gasteiger partial charge in [-0.25, -0.2) is 13.1 Å². The fraction of sp³-hybridized carbons (Fsp3) is 0.208. The van der Waals surface area contributed by atoms with E-state index in [1.54, 1.807) is 54.3 Å². The summed E-state index contributed by atoms with van der Waals surface area (Å²) in [7, 11) is -4.11. The SMILES string of the molecule is CCOC(=O)C(Cc1cnn(Cc2ccccc2)c1)C(=O)NS(=O)(=O)/C=C/c1ccccc1. The Balaban J connectivity index is 1.71. The van der Waals surface area contributed by atoms with Crippen molar-refractivity contribution < 1.29 is 22.7 Å². The summed E-state index contributed by atoms with van der Waals surface area (Å²) in [5.74, 6) is -3.09. The van der Waals surface area contributed by atoms with E-state index >= 15 is 0 Å². The van der Waals surface area contributed by atoms with Crippen molar-refractivity contribution >= 4 is 28.0 Å². The first-order valence-electron chi connectivity index (χ1n) is 10.4. The Labute approximate surface area is 192 Å². The van der Waals surface area contributed by atoms with Gasteiger partial charge in [-0.1, -0.05) is 60.7 Å². The highest BCUT2D eigenvalue weighted by molar-refractivity contribution is 7.93. The van der Waals surface area contributed by atoms with E-state index in [0.717, 1.165) is 11.0 Å². The molecule has 1 unspecified atom stereocenters. The lowest BCUT2D eigenvalue weighted by Gasteiger charge is -2.14. The minimum Gasteiger partial charge on any atom is -0.465 e. The first kappa shape index (κ1) is 23.9. The Morgan fingerprint density at radius 3 is 2.39 bits per heavy atom. The van der Waals surface area contributed by atoms with E-state index in [9.17, 15) is 18.0 Å². The molecule has 0 saturated heterocycles. The normalized spacial score (nSPS) is 12.4. The molecule has 1 atom stereocenters. The molecule has 0 aliphatic carbocycles. The number of hydrogen-bond acceptors (Lipinski definition) is 6. The van der Waals surface area contributed by atoms with Gasteiger partial charge in [0.05, 0.1) is 24.8 Å². The average Bonchev–Trinajstić information content (AvgIpc) is 3.24. The summed E-state index contributed by atoms with van der Waals surface area (Å²) in [5, 5.41) is 5.16. The van der Waals surface area contributed by atoms with Crippen molar-refractivity contribution in [1.29, 1.82) is 0 Å². The molecule has 1 aromatic heterocycles. The first-order chi connectivity index (χ1) is 15.9. The summed E-state index contributed by atoms with van der Waals surface area (Å²) >= 11 is 0.